The lowest BCUT2D eigenvalue weighted by Crippen LogP contribution is -2.34. The minimum atomic E-state index is -0.346. The maximum Gasteiger partial charge on any atom is 0.257 e. The summed E-state index contributed by atoms with van der Waals surface area (Å²) in [6.07, 6.45) is 1.68. The third-order valence-electron chi connectivity index (χ3n) is 5.73. The van der Waals surface area contributed by atoms with Crippen molar-refractivity contribution in [3.63, 3.8) is 0 Å². The fraction of sp³-hybridized carbons (Fsp3) is 0.148. The maximum atomic E-state index is 12.5. The van der Waals surface area contributed by atoms with Crippen molar-refractivity contribution in [3.05, 3.63) is 82.5 Å². The number of halogens is 1. The van der Waals surface area contributed by atoms with E-state index in [2.05, 4.69) is 15.6 Å². The summed E-state index contributed by atoms with van der Waals surface area (Å²) in [6, 6.07) is 15.8. The van der Waals surface area contributed by atoms with E-state index >= 15 is 0 Å². The normalized spacial score (nSPS) is 10.6. The molecule has 0 bridgehead atoms. The fourth-order valence-corrected chi connectivity index (χ4v) is 4.05. The van der Waals surface area contributed by atoms with E-state index in [9.17, 15) is 4.79 Å². The number of benzene rings is 3. The lowest BCUT2D eigenvalue weighted by Gasteiger charge is -2.17. The molecule has 0 unspecified atom stereocenters. The number of anilines is 1. The Kier molecular flexibility index (Phi) is 7.57. The van der Waals surface area contributed by atoms with Gasteiger partial charge in [0.05, 0.1) is 19.7 Å². The number of aromatic nitrogens is 1. The van der Waals surface area contributed by atoms with Gasteiger partial charge in [0, 0.05) is 33.9 Å². The van der Waals surface area contributed by atoms with Crippen LogP contribution in [0.15, 0.2) is 60.8 Å². The van der Waals surface area contributed by atoms with Crippen molar-refractivity contribution < 1.29 is 19.0 Å². The van der Waals surface area contributed by atoms with Crippen LogP contribution >= 0.6 is 23.8 Å². The molecule has 0 aliphatic carbocycles. The highest BCUT2D eigenvalue weighted by molar-refractivity contribution is 7.80. The number of carbonyl (C=O) groups excluding carboxylic acids is 1. The fourth-order valence-electron chi connectivity index (χ4n) is 3.66. The Labute approximate surface area is 219 Å². The first kappa shape index (κ1) is 25.2. The SMILES string of the molecule is COc1cc2nccc(Oc3ccc(NC(=S)NC(=O)c4cccc(Cl)c4)c(C)c3C)c2cc1OC. The third-order valence-corrected chi connectivity index (χ3v) is 6.17. The van der Waals surface area contributed by atoms with Crippen LogP contribution < -0.4 is 24.8 Å². The van der Waals surface area contributed by atoms with Crippen molar-refractivity contribution in [2.45, 2.75) is 13.8 Å². The monoisotopic (exact) mass is 521 g/mol. The van der Waals surface area contributed by atoms with Gasteiger partial charge in [0.1, 0.15) is 11.5 Å². The number of hydrogen-bond acceptors (Lipinski definition) is 6. The highest BCUT2D eigenvalue weighted by atomic mass is 35.5. The highest BCUT2D eigenvalue weighted by Gasteiger charge is 2.15. The van der Waals surface area contributed by atoms with Crippen LogP contribution in [0.25, 0.3) is 10.9 Å². The zero-order valence-corrected chi connectivity index (χ0v) is 21.7. The molecule has 2 N–H and O–H groups in total. The van der Waals surface area contributed by atoms with E-state index in [1.165, 1.54) is 0 Å². The minimum Gasteiger partial charge on any atom is -0.493 e. The van der Waals surface area contributed by atoms with E-state index in [0.29, 0.717) is 33.6 Å². The topological polar surface area (TPSA) is 81.7 Å². The van der Waals surface area contributed by atoms with Gasteiger partial charge < -0.3 is 19.5 Å². The van der Waals surface area contributed by atoms with Crippen molar-refractivity contribution in [3.8, 4) is 23.0 Å². The van der Waals surface area contributed by atoms with E-state index in [4.69, 9.17) is 38.0 Å². The minimum absolute atomic E-state index is 0.178. The molecule has 0 aliphatic heterocycles. The lowest BCUT2D eigenvalue weighted by atomic mass is 10.1. The van der Waals surface area contributed by atoms with Crippen molar-refractivity contribution in [2.24, 2.45) is 0 Å². The van der Waals surface area contributed by atoms with Crippen LogP contribution in [0.3, 0.4) is 0 Å². The Hall–Kier alpha value is -3.88. The molecule has 0 spiro atoms. The second-order valence-electron chi connectivity index (χ2n) is 7.92. The molecule has 1 aromatic heterocycles. The number of thiocarbonyl (C=S) groups is 1. The van der Waals surface area contributed by atoms with Crippen molar-refractivity contribution in [1.29, 1.82) is 0 Å². The van der Waals surface area contributed by atoms with Gasteiger partial charge in [-0.15, -0.1) is 0 Å². The number of hydrogen-bond donors (Lipinski definition) is 2. The molecule has 0 saturated carbocycles. The van der Waals surface area contributed by atoms with Gasteiger partial charge in [0.25, 0.3) is 5.91 Å². The van der Waals surface area contributed by atoms with Gasteiger partial charge in [-0.3, -0.25) is 15.1 Å². The zero-order chi connectivity index (χ0) is 25.8. The standard InChI is InChI=1S/C27H24ClN3O4S/c1-15-16(2)22(35-23-10-11-29-21-14-25(34-4)24(33-3)13-19(21)23)9-8-20(15)30-27(36)31-26(32)17-6-5-7-18(28)12-17/h5-14H,1-4H3,(H2,30,31,32,36). The smallest absolute Gasteiger partial charge is 0.257 e. The molecule has 184 valence electrons. The van der Waals surface area contributed by atoms with Gasteiger partial charge in [-0.05, 0) is 79.7 Å². The molecule has 0 saturated heterocycles. The molecular formula is C27H24ClN3O4S. The molecule has 3 aromatic carbocycles. The number of amides is 1. The molecule has 7 nitrogen and oxygen atoms in total. The van der Waals surface area contributed by atoms with Gasteiger partial charge >= 0.3 is 0 Å². The first-order valence-electron chi connectivity index (χ1n) is 11.0. The average Bonchev–Trinajstić information content (AvgIpc) is 2.87. The summed E-state index contributed by atoms with van der Waals surface area (Å²) in [5, 5.41) is 7.21. The van der Waals surface area contributed by atoms with Crippen LogP contribution in [0.1, 0.15) is 21.5 Å². The molecule has 36 heavy (non-hydrogen) atoms. The number of fused-ring (bicyclic) bond motifs is 1. The maximum absolute atomic E-state index is 12.5. The summed E-state index contributed by atoms with van der Waals surface area (Å²) in [4.78, 5) is 16.9. The van der Waals surface area contributed by atoms with Crippen LogP contribution in [-0.2, 0) is 0 Å². The van der Waals surface area contributed by atoms with Crippen molar-refractivity contribution in [2.75, 3.05) is 19.5 Å². The summed E-state index contributed by atoms with van der Waals surface area (Å²) >= 11 is 11.3. The summed E-state index contributed by atoms with van der Waals surface area (Å²) < 4.78 is 17.1. The number of methoxy groups -OCH3 is 2. The molecule has 0 fully saturated rings. The molecule has 0 radical (unpaired) electrons. The zero-order valence-electron chi connectivity index (χ0n) is 20.1. The molecular weight excluding hydrogens is 498 g/mol. The van der Waals surface area contributed by atoms with E-state index in [1.54, 1.807) is 50.7 Å². The summed E-state index contributed by atoms with van der Waals surface area (Å²) in [5.74, 6) is 2.14. The van der Waals surface area contributed by atoms with Crippen LogP contribution in [0.2, 0.25) is 5.02 Å². The van der Waals surface area contributed by atoms with Gasteiger partial charge in [0.15, 0.2) is 16.6 Å². The molecule has 9 heteroatoms. The number of pyridine rings is 1. The number of nitrogens with zero attached hydrogens (tertiary/aromatic N) is 1. The largest absolute Gasteiger partial charge is 0.493 e. The molecule has 1 amide bonds. The predicted molar refractivity (Wildman–Crippen MR) is 146 cm³/mol. The van der Waals surface area contributed by atoms with E-state index in [1.807, 2.05) is 38.1 Å². The highest BCUT2D eigenvalue weighted by Crippen LogP contribution is 2.38. The van der Waals surface area contributed by atoms with Crippen molar-refractivity contribution >= 4 is 51.4 Å². The molecule has 4 aromatic rings. The van der Waals surface area contributed by atoms with E-state index in [0.717, 1.165) is 27.7 Å². The Morgan fingerprint density at radius 2 is 1.67 bits per heavy atom. The third kappa shape index (κ3) is 5.35. The van der Waals surface area contributed by atoms with Gasteiger partial charge in [0.2, 0.25) is 0 Å². The van der Waals surface area contributed by atoms with E-state index in [-0.39, 0.29) is 11.0 Å². The second kappa shape index (κ2) is 10.8. The molecule has 0 aliphatic rings. The van der Waals surface area contributed by atoms with Gasteiger partial charge in [-0.2, -0.15) is 0 Å². The quantitative estimate of drug-likeness (QED) is 0.282. The van der Waals surface area contributed by atoms with Gasteiger partial charge in [-0.1, -0.05) is 17.7 Å². The summed E-state index contributed by atoms with van der Waals surface area (Å²) in [7, 11) is 3.17. The lowest BCUT2D eigenvalue weighted by molar-refractivity contribution is 0.0977. The van der Waals surface area contributed by atoms with Crippen LogP contribution in [-0.4, -0.2) is 30.2 Å². The van der Waals surface area contributed by atoms with Crippen LogP contribution in [0, 0.1) is 13.8 Å². The Bertz CT molecular complexity index is 1480. The summed E-state index contributed by atoms with van der Waals surface area (Å²) in [6.45, 7) is 3.90. The first-order valence-corrected chi connectivity index (χ1v) is 11.8. The predicted octanol–water partition coefficient (Wildman–Crippen LogP) is 6.44. The number of carbonyl (C=O) groups is 1. The number of rotatable bonds is 6. The summed E-state index contributed by atoms with van der Waals surface area (Å²) in [5.41, 5.74) is 3.72. The Morgan fingerprint density at radius 3 is 2.39 bits per heavy atom. The number of nitrogens with one attached hydrogen (secondary N) is 2. The average molecular weight is 522 g/mol. The second-order valence-corrected chi connectivity index (χ2v) is 8.76. The van der Waals surface area contributed by atoms with Crippen LogP contribution in [0.4, 0.5) is 5.69 Å². The van der Waals surface area contributed by atoms with Gasteiger partial charge in [-0.25, -0.2) is 0 Å². The van der Waals surface area contributed by atoms with Crippen molar-refractivity contribution in [1.82, 2.24) is 10.3 Å². The van der Waals surface area contributed by atoms with E-state index < -0.39 is 0 Å². The molecule has 1 heterocycles. The van der Waals surface area contributed by atoms with Crippen LogP contribution in [0.5, 0.6) is 23.0 Å². The Balaban J connectivity index is 1.54. The molecule has 0 atom stereocenters. The number of ether oxygens (including phenoxy) is 3. The molecule has 4 rings (SSSR count). The first-order chi connectivity index (χ1) is 17.3. The Morgan fingerprint density at radius 1 is 0.917 bits per heavy atom.